The van der Waals surface area contributed by atoms with E-state index in [4.69, 9.17) is 4.74 Å². The van der Waals surface area contributed by atoms with Crippen LogP contribution in [0.25, 0.3) is 21.9 Å². The van der Waals surface area contributed by atoms with Crippen LogP contribution in [-0.2, 0) is 0 Å². The van der Waals surface area contributed by atoms with E-state index in [1.807, 2.05) is 48.5 Å². The zero-order valence-corrected chi connectivity index (χ0v) is 17.0. The number of rotatable bonds is 3. The number of ether oxygens (including phenoxy) is 1. The van der Waals surface area contributed by atoms with Crippen molar-refractivity contribution >= 4 is 10.8 Å². The van der Waals surface area contributed by atoms with Crippen LogP contribution in [0.1, 0.15) is 5.56 Å². The van der Waals surface area contributed by atoms with E-state index < -0.39 is 0 Å². The Bertz CT molecular complexity index is 1210. The van der Waals surface area contributed by atoms with E-state index in [2.05, 4.69) is 85.8 Å². The Balaban J connectivity index is 0.000000147. The lowest BCUT2D eigenvalue weighted by atomic mass is 9.98. The van der Waals surface area contributed by atoms with Gasteiger partial charge in [0.2, 0.25) is 0 Å². The lowest BCUT2D eigenvalue weighted by Crippen LogP contribution is -1.83. The Morgan fingerprint density at radius 3 is 1.87 bits per heavy atom. The normalized spacial score (nSPS) is 10.2. The van der Waals surface area contributed by atoms with Gasteiger partial charge in [-0.15, -0.1) is 0 Å². The predicted octanol–water partition coefficient (Wildman–Crippen LogP) is 8.29. The van der Waals surface area contributed by atoms with Crippen molar-refractivity contribution in [2.75, 3.05) is 0 Å². The first-order valence-corrected chi connectivity index (χ1v) is 10.1. The molecular formula is C29H24O. The second-order valence-corrected chi connectivity index (χ2v) is 7.12. The van der Waals surface area contributed by atoms with Crippen molar-refractivity contribution in [3.8, 4) is 22.6 Å². The maximum absolute atomic E-state index is 5.66. The minimum absolute atomic E-state index is 0.873. The zero-order valence-electron chi connectivity index (χ0n) is 17.0. The number of hydrogen-bond acceptors (Lipinski definition) is 1. The van der Waals surface area contributed by atoms with Crippen LogP contribution in [0, 0.1) is 6.92 Å². The summed E-state index contributed by atoms with van der Waals surface area (Å²) in [5.74, 6) is 1.76. The maximum atomic E-state index is 5.66. The van der Waals surface area contributed by atoms with Gasteiger partial charge in [-0.25, -0.2) is 0 Å². The molecule has 5 aromatic rings. The van der Waals surface area contributed by atoms with E-state index in [1.165, 1.54) is 27.5 Å². The van der Waals surface area contributed by atoms with Crippen molar-refractivity contribution < 1.29 is 4.74 Å². The summed E-state index contributed by atoms with van der Waals surface area (Å²) in [6, 6.07) is 43.3. The van der Waals surface area contributed by atoms with Crippen LogP contribution in [0.4, 0.5) is 0 Å². The SMILES string of the molecule is Cc1cccc(Oc2ccccc2)c1.c1ccc(-c2cccc3ccccc23)cc1. The van der Waals surface area contributed by atoms with E-state index in [9.17, 15) is 0 Å². The van der Waals surface area contributed by atoms with Gasteiger partial charge in [0.05, 0.1) is 0 Å². The minimum Gasteiger partial charge on any atom is -0.457 e. The highest BCUT2D eigenvalue weighted by molar-refractivity contribution is 5.96. The van der Waals surface area contributed by atoms with Gasteiger partial charge in [0.25, 0.3) is 0 Å². The molecule has 0 heterocycles. The van der Waals surface area contributed by atoms with Gasteiger partial charge in [0.15, 0.2) is 0 Å². The molecule has 0 fully saturated rings. The van der Waals surface area contributed by atoms with Gasteiger partial charge in [0.1, 0.15) is 11.5 Å². The summed E-state index contributed by atoms with van der Waals surface area (Å²) in [7, 11) is 0. The van der Waals surface area contributed by atoms with Crippen LogP contribution in [0.3, 0.4) is 0 Å². The molecule has 0 spiro atoms. The third-order valence-electron chi connectivity index (χ3n) is 4.84. The topological polar surface area (TPSA) is 9.23 Å². The number of para-hydroxylation sites is 1. The molecule has 1 heteroatoms. The lowest BCUT2D eigenvalue weighted by molar-refractivity contribution is 0.482. The number of fused-ring (bicyclic) bond motifs is 1. The maximum Gasteiger partial charge on any atom is 0.127 e. The van der Waals surface area contributed by atoms with E-state index in [0.29, 0.717) is 0 Å². The Labute approximate surface area is 178 Å². The third kappa shape index (κ3) is 4.95. The summed E-state index contributed by atoms with van der Waals surface area (Å²) in [6.07, 6.45) is 0. The molecule has 0 amide bonds. The largest absolute Gasteiger partial charge is 0.457 e. The molecule has 0 unspecified atom stereocenters. The first kappa shape index (κ1) is 19.5. The first-order valence-electron chi connectivity index (χ1n) is 10.1. The van der Waals surface area contributed by atoms with Gasteiger partial charge >= 0.3 is 0 Å². The Hall–Kier alpha value is -3.84. The molecule has 0 saturated carbocycles. The molecule has 0 aliphatic carbocycles. The van der Waals surface area contributed by atoms with Crippen LogP contribution in [0.5, 0.6) is 11.5 Å². The average Bonchev–Trinajstić information content (AvgIpc) is 2.80. The summed E-state index contributed by atoms with van der Waals surface area (Å²) < 4.78 is 5.66. The van der Waals surface area contributed by atoms with Gasteiger partial charge in [-0.3, -0.25) is 0 Å². The van der Waals surface area contributed by atoms with Crippen molar-refractivity contribution in [3.05, 3.63) is 133 Å². The molecule has 0 aliphatic heterocycles. The highest BCUT2D eigenvalue weighted by Crippen LogP contribution is 2.28. The van der Waals surface area contributed by atoms with Crippen molar-refractivity contribution in [2.45, 2.75) is 6.92 Å². The fraction of sp³-hybridized carbons (Fsp3) is 0.0345. The van der Waals surface area contributed by atoms with Crippen molar-refractivity contribution in [2.24, 2.45) is 0 Å². The Morgan fingerprint density at radius 2 is 1.10 bits per heavy atom. The summed E-state index contributed by atoms with van der Waals surface area (Å²) in [4.78, 5) is 0. The second kappa shape index (κ2) is 9.58. The number of benzene rings is 5. The summed E-state index contributed by atoms with van der Waals surface area (Å²) >= 11 is 0. The van der Waals surface area contributed by atoms with Gasteiger partial charge in [-0.1, -0.05) is 103 Å². The van der Waals surface area contributed by atoms with E-state index in [0.717, 1.165) is 11.5 Å². The smallest absolute Gasteiger partial charge is 0.127 e. The zero-order chi connectivity index (χ0) is 20.6. The molecular weight excluding hydrogens is 364 g/mol. The molecule has 1 nitrogen and oxygen atoms in total. The van der Waals surface area contributed by atoms with Gasteiger partial charge in [-0.2, -0.15) is 0 Å². The fourth-order valence-corrected chi connectivity index (χ4v) is 3.40. The molecule has 30 heavy (non-hydrogen) atoms. The van der Waals surface area contributed by atoms with Crippen LogP contribution >= 0.6 is 0 Å². The summed E-state index contributed by atoms with van der Waals surface area (Å²) in [6.45, 7) is 2.05. The molecule has 5 aromatic carbocycles. The summed E-state index contributed by atoms with van der Waals surface area (Å²) in [5, 5.41) is 2.61. The molecule has 0 saturated heterocycles. The van der Waals surface area contributed by atoms with Crippen molar-refractivity contribution in [3.63, 3.8) is 0 Å². The van der Waals surface area contributed by atoms with Crippen LogP contribution < -0.4 is 4.74 Å². The van der Waals surface area contributed by atoms with Crippen molar-refractivity contribution in [1.29, 1.82) is 0 Å². The first-order chi connectivity index (χ1) is 14.8. The third-order valence-corrected chi connectivity index (χ3v) is 4.84. The average molecular weight is 389 g/mol. The molecule has 0 aromatic heterocycles. The quantitative estimate of drug-likeness (QED) is 0.302. The standard InChI is InChI=1S/C16H12.C13H12O/c1-2-7-13(8-3-1)16-12-6-10-14-9-4-5-11-15(14)16;1-11-6-5-9-13(10-11)14-12-7-3-2-4-8-12/h1-12H;2-10H,1H3. The number of aryl methyl sites for hydroxylation is 1. The molecule has 146 valence electrons. The Morgan fingerprint density at radius 1 is 0.500 bits per heavy atom. The van der Waals surface area contributed by atoms with Gasteiger partial charge in [0, 0.05) is 0 Å². The molecule has 5 rings (SSSR count). The molecule has 0 bridgehead atoms. The molecule has 0 N–H and O–H groups in total. The predicted molar refractivity (Wildman–Crippen MR) is 127 cm³/mol. The van der Waals surface area contributed by atoms with Crippen LogP contribution in [-0.4, -0.2) is 0 Å². The fourth-order valence-electron chi connectivity index (χ4n) is 3.40. The minimum atomic E-state index is 0.873. The molecule has 0 aliphatic rings. The van der Waals surface area contributed by atoms with Gasteiger partial charge < -0.3 is 4.74 Å². The summed E-state index contributed by atoms with van der Waals surface area (Å²) in [5.41, 5.74) is 3.79. The number of hydrogen-bond donors (Lipinski definition) is 0. The molecule has 0 atom stereocenters. The van der Waals surface area contributed by atoms with Crippen molar-refractivity contribution in [1.82, 2.24) is 0 Å². The lowest BCUT2D eigenvalue weighted by Gasteiger charge is -2.06. The van der Waals surface area contributed by atoms with E-state index in [-0.39, 0.29) is 0 Å². The van der Waals surface area contributed by atoms with E-state index in [1.54, 1.807) is 0 Å². The van der Waals surface area contributed by atoms with Gasteiger partial charge in [-0.05, 0) is 58.7 Å². The van der Waals surface area contributed by atoms with E-state index >= 15 is 0 Å². The van der Waals surface area contributed by atoms with Crippen LogP contribution in [0.2, 0.25) is 0 Å². The van der Waals surface area contributed by atoms with Crippen LogP contribution in [0.15, 0.2) is 127 Å². The Kier molecular flexibility index (Phi) is 6.22. The monoisotopic (exact) mass is 388 g/mol. The highest BCUT2D eigenvalue weighted by Gasteiger charge is 2.01. The highest BCUT2D eigenvalue weighted by atomic mass is 16.5. The molecule has 0 radical (unpaired) electrons. The second-order valence-electron chi connectivity index (χ2n) is 7.12.